The van der Waals surface area contributed by atoms with Crippen molar-refractivity contribution in [3.05, 3.63) is 35.4 Å². The first-order valence-corrected chi connectivity index (χ1v) is 5.38. The van der Waals surface area contributed by atoms with E-state index in [9.17, 15) is 18.7 Å². The van der Waals surface area contributed by atoms with Gasteiger partial charge in [0.05, 0.1) is 5.56 Å². The van der Waals surface area contributed by atoms with E-state index in [-0.39, 0.29) is 17.7 Å². The molecule has 0 fully saturated rings. The van der Waals surface area contributed by atoms with Crippen molar-refractivity contribution >= 4 is 11.5 Å². The van der Waals surface area contributed by atoms with Gasteiger partial charge in [0.25, 0.3) is 5.91 Å². The van der Waals surface area contributed by atoms with E-state index in [1.54, 1.807) is 13.0 Å². The van der Waals surface area contributed by atoms with E-state index >= 15 is 0 Å². The summed E-state index contributed by atoms with van der Waals surface area (Å²) in [5.74, 6) is -3.76. The number of hydrogen-bond acceptors (Lipinski definition) is 2. The second kappa shape index (κ2) is 5.16. The van der Waals surface area contributed by atoms with Gasteiger partial charge in [-0.1, -0.05) is 12.1 Å². The molecule has 0 radical (unpaired) electrons. The van der Waals surface area contributed by atoms with E-state index in [0.29, 0.717) is 11.1 Å². The van der Waals surface area contributed by atoms with Gasteiger partial charge < -0.3 is 10.8 Å². The molecule has 1 aromatic carbocycles. The van der Waals surface area contributed by atoms with Crippen LogP contribution in [0.1, 0.15) is 36.2 Å². The Labute approximate surface area is 104 Å². The number of nitrogens with two attached hydrogens (primary N) is 1. The van der Waals surface area contributed by atoms with Crippen LogP contribution in [0.5, 0.6) is 5.75 Å². The minimum Gasteiger partial charge on any atom is -0.507 e. The van der Waals surface area contributed by atoms with Gasteiger partial charge in [-0.3, -0.25) is 4.79 Å². The number of halogens is 2. The number of carbonyl (C=O) groups excluding carboxylic acids is 1. The molecule has 5 heteroatoms. The Kier molecular flexibility index (Phi) is 4.06. The van der Waals surface area contributed by atoms with Gasteiger partial charge >= 0.3 is 0 Å². The molecule has 0 atom stereocenters. The van der Waals surface area contributed by atoms with Gasteiger partial charge in [0, 0.05) is 6.42 Å². The highest BCUT2D eigenvalue weighted by molar-refractivity contribution is 5.96. The second-order valence-electron chi connectivity index (χ2n) is 4.26. The summed E-state index contributed by atoms with van der Waals surface area (Å²) in [6.45, 7) is 2.49. The van der Waals surface area contributed by atoms with Crippen molar-refractivity contribution < 1.29 is 18.7 Å². The van der Waals surface area contributed by atoms with Crippen molar-refractivity contribution in [3.8, 4) is 5.75 Å². The van der Waals surface area contributed by atoms with E-state index in [4.69, 9.17) is 5.73 Å². The van der Waals surface area contributed by atoms with E-state index in [1.165, 1.54) is 18.2 Å². The smallest absolute Gasteiger partial charge is 0.252 e. The summed E-state index contributed by atoms with van der Waals surface area (Å²) in [5.41, 5.74) is 6.22. The molecule has 0 heterocycles. The quantitative estimate of drug-likeness (QED) is 0.868. The second-order valence-corrected chi connectivity index (χ2v) is 4.26. The van der Waals surface area contributed by atoms with Crippen LogP contribution < -0.4 is 5.73 Å². The monoisotopic (exact) mass is 255 g/mol. The maximum absolute atomic E-state index is 12.7. The molecule has 18 heavy (non-hydrogen) atoms. The number of amides is 1. The topological polar surface area (TPSA) is 63.3 Å². The van der Waals surface area contributed by atoms with Crippen LogP contribution in [0.3, 0.4) is 0 Å². The van der Waals surface area contributed by atoms with Gasteiger partial charge in [0.1, 0.15) is 5.75 Å². The summed E-state index contributed by atoms with van der Waals surface area (Å²) < 4.78 is 25.4. The molecule has 0 aliphatic rings. The predicted octanol–water partition coefficient (Wildman–Crippen LogP) is 2.94. The van der Waals surface area contributed by atoms with Crippen molar-refractivity contribution in [3.63, 3.8) is 0 Å². The van der Waals surface area contributed by atoms with E-state index in [2.05, 4.69) is 0 Å². The molecule has 0 saturated heterocycles. The molecule has 0 spiro atoms. The summed E-state index contributed by atoms with van der Waals surface area (Å²) in [4.78, 5) is 10.9. The Hall–Kier alpha value is -1.91. The van der Waals surface area contributed by atoms with Gasteiger partial charge in [-0.2, -0.15) is 0 Å². The minimum absolute atomic E-state index is 0.00683. The third-order valence-electron chi connectivity index (χ3n) is 2.49. The highest BCUT2D eigenvalue weighted by atomic mass is 19.3. The normalized spacial score (nSPS) is 12.6. The van der Waals surface area contributed by atoms with E-state index in [1.807, 2.05) is 0 Å². The fourth-order valence-corrected chi connectivity index (χ4v) is 1.44. The van der Waals surface area contributed by atoms with Crippen LogP contribution in [0.25, 0.3) is 5.57 Å². The highest BCUT2D eigenvalue weighted by Crippen LogP contribution is 2.25. The van der Waals surface area contributed by atoms with E-state index in [0.717, 1.165) is 6.92 Å². The molecular weight excluding hydrogens is 240 g/mol. The summed E-state index contributed by atoms with van der Waals surface area (Å²) in [6.07, 6.45) is 1.01. The standard InChI is InChI=1S/C13H15F2NO2/c1-8(5-6-13(2,14)15)9-3-4-10(12(16)18)11(17)7-9/h3-5,7,17H,6H2,1-2H3,(H2,16,18)/b8-5+. The number of alkyl halides is 2. The molecular formula is C13H15F2NO2. The lowest BCUT2D eigenvalue weighted by Crippen LogP contribution is -2.11. The number of benzene rings is 1. The predicted molar refractivity (Wildman–Crippen MR) is 65.5 cm³/mol. The number of rotatable bonds is 4. The average Bonchev–Trinajstić information content (AvgIpc) is 2.24. The van der Waals surface area contributed by atoms with Crippen molar-refractivity contribution in [1.29, 1.82) is 0 Å². The number of carbonyl (C=O) groups is 1. The van der Waals surface area contributed by atoms with Crippen LogP contribution in [0.15, 0.2) is 24.3 Å². The zero-order valence-corrected chi connectivity index (χ0v) is 10.2. The summed E-state index contributed by atoms with van der Waals surface area (Å²) in [7, 11) is 0. The molecule has 0 aromatic heterocycles. The van der Waals surface area contributed by atoms with Crippen LogP contribution in [0.2, 0.25) is 0 Å². The van der Waals surface area contributed by atoms with Gasteiger partial charge in [-0.05, 0) is 37.1 Å². The molecule has 0 aliphatic heterocycles. The van der Waals surface area contributed by atoms with Crippen molar-refractivity contribution in [2.24, 2.45) is 5.73 Å². The van der Waals surface area contributed by atoms with Crippen molar-refractivity contribution in [2.75, 3.05) is 0 Å². The Morgan fingerprint density at radius 1 is 1.50 bits per heavy atom. The first-order chi connectivity index (χ1) is 8.20. The van der Waals surface area contributed by atoms with Gasteiger partial charge in [0.15, 0.2) is 0 Å². The third kappa shape index (κ3) is 3.84. The zero-order chi connectivity index (χ0) is 13.9. The molecule has 0 bridgehead atoms. The number of phenols is 1. The Bertz CT molecular complexity index is 490. The fraction of sp³-hybridized carbons (Fsp3) is 0.308. The van der Waals surface area contributed by atoms with Crippen LogP contribution >= 0.6 is 0 Å². The maximum Gasteiger partial charge on any atom is 0.252 e. The van der Waals surface area contributed by atoms with Crippen LogP contribution in [0, 0.1) is 0 Å². The molecule has 0 saturated carbocycles. The molecule has 0 unspecified atom stereocenters. The van der Waals surface area contributed by atoms with Crippen molar-refractivity contribution in [1.82, 2.24) is 0 Å². The van der Waals surface area contributed by atoms with Crippen molar-refractivity contribution in [2.45, 2.75) is 26.2 Å². The van der Waals surface area contributed by atoms with Crippen LogP contribution in [-0.2, 0) is 0 Å². The molecule has 1 aromatic rings. The lowest BCUT2D eigenvalue weighted by Gasteiger charge is -2.09. The maximum atomic E-state index is 12.7. The largest absolute Gasteiger partial charge is 0.507 e. The average molecular weight is 255 g/mol. The van der Waals surface area contributed by atoms with Gasteiger partial charge in [-0.15, -0.1) is 0 Å². The molecule has 1 amide bonds. The summed E-state index contributed by atoms with van der Waals surface area (Å²) >= 11 is 0. The zero-order valence-electron chi connectivity index (χ0n) is 10.2. The minimum atomic E-state index is -2.77. The first kappa shape index (κ1) is 14.2. The lowest BCUT2D eigenvalue weighted by molar-refractivity contribution is 0.0256. The molecule has 1 rings (SSSR count). The Morgan fingerprint density at radius 2 is 2.11 bits per heavy atom. The number of primary amides is 1. The number of hydrogen-bond donors (Lipinski definition) is 2. The van der Waals surface area contributed by atoms with Crippen LogP contribution in [0.4, 0.5) is 8.78 Å². The lowest BCUT2D eigenvalue weighted by atomic mass is 10.0. The Balaban J connectivity index is 2.98. The first-order valence-electron chi connectivity index (χ1n) is 5.38. The van der Waals surface area contributed by atoms with Gasteiger partial charge in [-0.25, -0.2) is 8.78 Å². The summed E-state index contributed by atoms with van der Waals surface area (Å²) in [6, 6.07) is 4.26. The van der Waals surface area contributed by atoms with Crippen LogP contribution in [-0.4, -0.2) is 16.9 Å². The summed E-state index contributed by atoms with van der Waals surface area (Å²) in [5, 5.41) is 9.56. The van der Waals surface area contributed by atoms with Gasteiger partial charge in [0.2, 0.25) is 5.92 Å². The highest BCUT2D eigenvalue weighted by Gasteiger charge is 2.19. The Morgan fingerprint density at radius 3 is 2.56 bits per heavy atom. The fourth-order valence-electron chi connectivity index (χ4n) is 1.44. The molecule has 3 N–H and O–H groups in total. The molecule has 3 nitrogen and oxygen atoms in total. The third-order valence-corrected chi connectivity index (χ3v) is 2.49. The SMILES string of the molecule is C/C(=C\CC(C)(F)F)c1ccc(C(N)=O)c(O)c1. The molecule has 0 aliphatic carbocycles. The number of allylic oxidation sites excluding steroid dienone is 2. The van der Waals surface area contributed by atoms with E-state index < -0.39 is 11.8 Å². The number of aromatic hydroxyl groups is 1. The molecule has 98 valence electrons.